The second-order valence-electron chi connectivity index (χ2n) is 8.89. The molecule has 3 aromatic rings. The molecule has 0 atom stereocenters. The zero-order valence-electron chi connectivity index (χ0n) is 17.2. The summed E-state index contributed by atoms with van der Waals surface area (Å²) in [5.74, 6) is 1.36. The zero-order valence-corrected chi connectivity index (χ0v) is 17.2. The largest absolute Gasteiger partial charge is 0.367 e. The van der Waals surface area contributed by atoms with Gasteiger partial charge >= 0.3 is 0 Å². The van der Waals surface area contributed by atoms with Gasteiger partial charge in [0.25, 0.3) is 0 Å². The SMILES string of the molecule is CC1(C)CN(c2ccc(Nc3ncc4ccn(C5CCCC5)c4n3)nc2)CCN1. The number of pyridine rings is 1. The Kier molecular flexibility index (Phi) is 4.62. The standard InChI is InChI=1S/C22H29N7/c1-22(2)15-28(12-10-25-22)18-7-8-19(23-14-18)26-21-24-13-16-9-11-29(20(16)27-21)17-5-3-4-6-17/h7-9,11,13-14,17,25H,3-6,10,12,15H2,1-2H3,(H,23,24,26,27). The Balaban J connectivity index is 1.33. The molecule has 0 unspecified atom stereocenters. The van der Waals surface area contributed by atoms with Crippen LogP contribution in [0.15, 0.2) is 36.8 Å². The number of nitrogens with zero attached hydrogens (tertiary/aromatic N) is 5. The number of piperazine rings is 1. The molecule has 29 heavy (non-hydrogen) atoms. The van der Waals surface area contributed by atoms with Gasteiger partial charge in [0.2, 0.25) is 5.95 Å². The van der Waals surface area contributed by atoms with Gasteiger partial charge in [-0.05, 0) is 44.9 Å². The fourth-order valence-electron chi connectivity index (χ4n) is 4.60. The molecule has 1 aliphatic heterocycles. The van der Waals surface area contributed by atoms with Crippen LogP contribution in [0.2, 0.25) is 0 Å². The first kappa shape index (κ1) is 18.4. The van der Waals surface area contributed by atoms with Crippen LogP contribution >= 0.6 is 0 Å². The molecule has 4 heterocycles. The summed E-state index contributed by atoms with van der Waals surface area (Å²) in [6, 6.07) is 6.81. The van der Waals surface area contributed by atoms with E-state index in [4.69, 9.17) is 4.98 Å². The second kappa shape index (κ2) is 7.30. The highest BCUT2D eigenvalue weighted by Crippen LogP contribution is 2.32. The Morgan fingerprint density at radius 1 is 1.10 bits per heavy atom. The molecule has 0 radical (unpaired) electrons. The van der Waals surface area contributed by atoms with Gasteiger partial charge in [-0.25, -0.2) is 9.97 Å². The van der Waals surface area contributed by atoms with Gasteiger partial charge in [0, 0.05) is 49.0 Å². The van der Waals surface area contributed by atoms with Crippen molar-refractivity contribution in [2.45, 2.75) is 51.1 Å². The molecule has 7 nitrogen and oxygen atoms in total. The molecule has 152 valence electrons. The molecule has 7 heteroatoms. The molecule has 0 amide bonds. The second-order valence-corrected chi connectivity index (χ2v) is 8.89. The van der Waals surface area contributed by atoms with Crippen LogP contribution in [0.4, 0.5) is 17.5 Å². The maximum absolute atomic E-state index is 4.79. The maximum atomic E-state index is 4.79. The minimum absolute atomic E-state index is 0.118. The van der Waals surface area contributed by atoms with Crippen molar-refractivity contribution in [2.24, 2.45) is 0 Å². The van der Waals surface area contributed by atoms with E-state index in [1.807, 2.05) is 18.5 Å². The number of hydrogen-bond donors (Lipinski definition) is 2. The molecule has 2 N–H and O–H groups in total. The average Bonchev–Trinajstić information content (AvgIpc) is 3.37. The van der Waals surface area contributed by atoms with E-state index in [-0.39, 0.29) is 5.54 Å². The van der Waals surface area contributed by atoms with Gasteiger partial charge in [0.1, 0.15) is 11.5 Å². The quantitative estimate of drug-likeness (QED) is 0.703. The summed E-state index contributed by atoms with van der Waals surface area (Å²) in [5.41, 5.74) is 2.28. The third-order valence-corrected chi connectivity index (χ3v) is 6.10. The van der Waals surface area contributed by atoms with Gasteiger partial charge in [-0.2, -0.15) is 4.98 Å². The lowest BCUT2D eigenvalue weighted by molar-refractivity contribution is 0.353. The van der Waals surface area contributed by atoms with Crippen molar-refractivity contribution in [1.29, 1.82) is 0 Å². The van der Waals surface area contributed by atoms with Crippen LogP contribution in [0, 0.1) is 0 Å². The van der Waals surface area contributed by atoms with Crippen LogP contribution in [-0.2, 0) is 0 Å². The highest BCUT2D eigenvalue weighted by Gasteiger charge is 2.26. The van der Waals surface area contributed by atoms with Gasteiger partial charge in [0.15, 0.2) is 0 Å². The van der Waals surface area contributed by atoms with Gasteiger partial charge in [-0.1, -0.05) is 12.8 Å². The van der Waals surface area contributed by atoms with E-state index in [9.17, 15) is 0 Å². The molecule has 3 aromatic heterocycles. The maximum Gasteiger partial charge on any atom is 0.230 e. The van der Waals surface area contributed by atoms with Crippen molar-refractivity contribution in [3.8, 4) is 0 Å². The summed E-state index contributed by atoms with van der Waals surface area (Å²) < 4.78 is 2.32. The zero-order chi connectivity index (χ0) is 19.8. The lowest BCUT2D eigenvalue weighted by Crippen LogP contribution is -2.57. The third-order valence-electron chi connectivity index (χ3n) is 6.10. The normalized spacial score (nSPS) is 19.7. The molecule has 0 aromatic carbocycles. The Hall–Kier alpha value is -2.67. The third kappa shape index (κ3) is 3.79. The van der Waals surface area contributed by atoms with Gasteiger partial charge in [-0.15, -0.1) is 0 Å². The summed E-state index contributed by atoms with van der Waals surface area (Å²) in [6.45, 7) is 7.42. The predicted octanol–water partition coefficient (Wildman–Crippen LogP) is 3.87. The summed E-state index contributed by atoms with van der Waals surface area (Å²) in [5, 5.41) is 7.91. The van der Waals surface area contributed by atoms with E-state index in [1.165, 1.54) is 25.7 Å². The first-order chi connectivity index (χ1) is 14.1. The number of nitrogens with one attached hydrogen (secondary N) is 2. The predicted molar refractivity (Wildman–Crippen MR) is 117 cm³/mol. The fraction of sp³-hybridized carbons (Fsp3) is 0.500. The van der Waals surface area contributed by atoms with Crippen molar-refractivity contribution >= 4 is 28.5 Å². The average molecular weight is 392 g/mol. The van der Waals surface area contributed by atoms with E-state index < -0.39 is 0 Å². The number of hydrogen-bond acceptors (Lipinski definition) is 6. The van der Waals surface area contributed by atoms with Crippen LogP contribution in [0.1, 0.15) is 45.6 Å². The lowest BCUT2D eigenvalue weighted by Gasteiger charge is -2.40. The molecule has 0 spiro atoms. The summed E-state index contributed by atoms with van der Waals surface area (Å²) in [4.78, 5) is 16.3. The lowest BCUT2D eigenvalue weighted by atomic mass is 10.0. The molecule has 0 bridgehead atoms. The van der Waals surface area contributed by atoms with Gasteiger partial charge < -0.3 is 20.1 Å². The van der Waals surface area contributed by atoms with E-state index in [1.54, 1.807) is 0 Å². The Morgan fingerprint density at radius 3 is 2.72 bits per heavy atom. The van der Waals surface area contributed by atoms with Crippen molar-refractivity contribution in [3.63, 3.8) is 0 Å². The molecule has 2 aliphatic rings. The number of rotatable bonds is 4. The van der Waals surface area contributed by atoms with Crippen LogP contribution < -0.4 is 15.5 Å². The van der Waals surface area contributed by atoms with Crippen LogP contribution in [0.5, 0.6) is 0 Å². The smallest absolute Gasteiger partial charge is 0.230 e. The van der Waals surface area contributed by atoms with E-state index in [2.05, 4.69) is 62.2 Å². The van der Waals surface area contributed by atoms with Gasteiger partial charge in [-0.3, -0.25) is 0 Å². The number of aromatic nitrogens is 4. The van der Waals surface area contributed by atoms with Crippen LogP contribution in [-0.4, -0.2) is 44.7 Å². The molecular formula is C22H29N7. The molecule has 1 aliphatic carbocycles. The van der Waals surface area contributed by atoms with Crippen LogP contribution in [0.25, 0.3) is 11.0 Å². The van der Waals surface area contributed by atoms with Gasteiger partial charge in [0.05, 0.1) is 11.9 Å². The molecule has 1 saturated carbocycles. The van der Waals surface area contributed by atoms with E-state index in [0.29, 0.717) is 12.0 Å². The van der Waals surface area contributed by atoms with E-state index >= 15 is 0 Å². The summed E-state index contributed by atoms with van der Waals surface area (Å²) in [7, 11) is 0. The first-order valence-electron chi connectivity index (χ1n) is 10.6. The van der Waals surface area contributed by atoms with Crippen LogP contribution in [0.3, 0.4) is 0 Å². The molecule has 5 rings (SSSR count). The minimum atomic E-state index is 0.118. The topological polar surface area (TPSA) is 70.9 Å². The number of anilines is 3. The fourth-order valence-corrected chi connectivity index (χ4v) is 4.60. The highest BCUT2D eigenvalue weighted by molar-refractivity contribution is 5.77. The molecule has 2 fully saturated rings. The minimum Gasteiger partial charge on any atom is -0.367 e. The monoisotopic (exact) mass is 391 g/mol. The number of fused-ring (bicyclic) bond motifs is 1. The highest BCUT2D eigenvalue weighted by atomic mass is 15.2. The van der Waals surface area contributed by atoms with E-state index in [0.717, 1.165) is 42.2 Å². The van der Waals surface area contributed by atoms with Crippen molar-refractivity contribution in [2.75, 3.05) is 29.9 Å². The summed E-state index contributed by atoms with van der Waals surface area (Å²) in [6.07, 6.45) is 11.1. The van der Waals surface area contributed by atoms with Crippen molar-refractivity contribution in [3.05, 3.63) is 36.8 Å². The molecule has 1 saturated heterocycles. The first-order valence-corrected chi connectivity index (χ1v) is 10.6. The Labute approximate surface area is 171 Å². The Bertz CT molecular complexity index is 986. The summed E-state index contributed by atoms with van der Waals surface area (Å²) >= 11 is 0. The van der Waals surface area contributed by atoms with Crippen molar-refractivity contribution in [1.82, 2.24) is 24.8 Å². The molecular weight excluding hydrogens is 362 g/mol. The van der Waals surface area contributed by atoms with Crippen molar-refractivity contribution < 1.29 is 0 Å². The Morgan fingerprint density at radius 2 is 1.97 bits per heavy atom.